The normalized spacial score (nSPS) is 11.3. The molecule has 0 saturated heterocycles. The predicted octanol–water partition coefficient (Wildman–Crippen LogP) is 0.149. The molecule has 0 aliphatic rings. The van der Waals surface area contributed by atoms with Crippen molar-refractivity contribution in [2.24, 2.45) is 11.7 Å². The van der Waals surface area contributed by atoms with E-state index in [0.717, 1.165) is 6.41 Å². The van der Waals surface area contributed by atoms with E-state index in [4.69, 9.17) is 10.8 Å². The van der Waals surface area contributed by atoms with Crippen molar-refractivity contribution in [1.29, 1.82) is 0 Å². The van der Waals surface area contributed by atoms with Crippen molar-refractivity contribution in [2.45, 2.75) is 26.3 Å². The van der Waals surface area contributed by atoms with Gasteiger partial charge in [-0.3, -0.25) is 9.59 Å². The maximum atomic E-state index is 10.1. The van der Waals surface area contributed by atoms with E-state index in [9.17, 15) is 9.59 Å². The number of carbonyl (C=O) groups excluding carboxylic acids is 1. The van der Waals surface area contributed by atoms with E-state index in [1.165, 1.54) is 4.90 Å². The molecule has 0 aliphatic carbocycles. The molecule has 0 saturated carbocycles. The zero-order chi connectivity index (χ0) is 11.7. The van der Waals surface area contributed by atoms with Crippen LogP contribution in [0.1, 0.15) is 20.3 Å². The Morgan fingerprint density at radius 1 is 1.50 bits per heavy atom. The summed E-state index contributed by atoms with van der Waals surface area (Å²) in [5.41, 5.74) is 5.22. The lowest BCUT2D eigenvalue weighted by Crippen LogP contribution is -2.31. The van der Waals surface area contributed by atoms with Crippen LogP contribution >= 0.6 is 0 Å². The van der Waals surface area contributed by atoms with Crippen LogP contribution in [0.2, 0.25) is 0 Å². The van der Waals surface area contributed by atoms with Gasteiger partial charge in [-0.1, -0.05) is 13.8 Å². The van der Waals surface area contributed by atoms with E-state index in [1.54, 1.807) is 14.1 Å². The van der Waals surface area contributed by atoms with Gasteiger partial charge in [0.25, 0.3) is 0 Å². The van der Waals surface area contributed by atoms with Crippen molar-refractivity contribution in [2.75, 3.05) is 14.1 Å². The third-order valence-electron chi connectivity index (χ3n) is 1.25. The number of aliphatic carboxylic acids is 1. The van der Waals surface area contributed by atoms with Gasteiger partial charge < -0.3 is 15.7 Å². The molecule has 0 unspecified atom stereocenters. The van der Waals surface area contributed by atoms with E-state index in [-0.39, 0.29) is 0 Å². The van der Waals surface area contributed by atoms with Crippen molar-refractivity contribution in [3.63, 3.8) is 0 Å². The van der Waals surface area contributed by atoms with Gasteiger partial charge in [0.2, 0.25) is 6.41 Å². The Bertz CT molecular complexity index is 169. The van der Waals surface area contributed by atoms with Crippen molar-refractivity contribution in [1.82, 2.24) is 4.90 Å². The highest BCUT2D eigenvalue weighted by Gasteiger charge is 2.11. The van der Waals surface area contributed by atoms with Crippen molar-refractivity contribution >= 4 is 12.4 Å². The molecule has 0 heterocycles. The van der Waals surface area contributed by atoms with Crippen molar-refractivity contribution < 1.29 is 14.7 Å². The van der Waals surface area contributed by atoms with E-state index in [1.807, 2.05) is 13.8 Å². The zero-order valence-corrected chi connectivity index (χ0v) is 9.23. The fourth-order valence-corrected chi connectivity index (χ4v) is 0.609. The number of hydrogen-bond acceptors (Lipinski definition) is 3. The number of nitrogens with zero attached hydrogens (tertiary/aromatic N) is 1. The van der Waals surface area contributed by atoms with E-state index >= 15 is 0 Å². The molecule has 0 fully saturated rings. The van der Waals surface area contributed by atoms with E-state index in [2.05, 4.69) is 0 Å². The number of carboxylic acids is 1. The van der Waals surface area contributed by atoms with Crippen LogP contribution in [0.4, 0.5) is 0 Å². The molecule has 14 heavy (non-hydrogen) atoms. The Kier molecular flexibility index (Phi) is 9.33. The molecule has 0 aromatic rings. The smallest absolute Gasteiger partial charge is 0.320 e. The second-order valence-corrected chi connectivity index (χ2v) is 3.64. The van der Waals surface area contributed by atoms with Crippen LogP contribution in [0.3, 0.4) is 0 Å². The maximum absolute atomic E-state index is 10.1. The summed E-state index contributed by atoms with van der Waals surface area (Å²) in [7, 11) is 3.38. The van der Waals surface area contributed by atoms with Crippen LogP contribution in [0, 0.1) is 5.92 Å². The summed E-state index contributed by atoms with van der Waals surface area (Å²) in [5, 5.41) is 8.31. The SMILES string of the molecule is CC(C)C[C@H](N)C(=O)O.CN(C)C=O. The molecule has 5 heteroatoms. The van der Waals surface area contributed by atoms with Crippen LogP contribution in [-0.4, -0.2) is 42.5 Å². The molecule has 1 atom stereocenters. The van der Waals surface area contributed by atoms with Gasteiger partial charge in [-0.15, -0.1) is 0 Å². The van der Waals surface area contributed by atoms with Crippen molar-refractivity contribution in [3.8, 4) is 0 Å². The van der Waals surface area contributed by atoms with E-state index < -0.39 is 12.0 Å². The monoisotopic (exact) mass is 204 g/mol. The molecule has 84 valence electrons. The molecule has 0 radical (unpaired) electrons. The minimum Gasteiger partial charge on any atom is -0.480 e. The molecule has 0 aromatic heterocycles. The Hall–Kier alpha value is -1.10. The second kappa shape index (κ2) is 8.50. The quantitative estimate of drug-likeness (QED) is 0.638. The van der Waals surface area contributed by atoms with Gasteiger partial charge >= 0.3 is 5.97 Å². The Labute approximate surface area is 84.9 Å². The van der Waals surface area contributed by atoms with Gasteiger partial charge in [0.15, 0.2) is 0 Å². The number of amides is 1. The van der Waals surface area contributed by atoms with Gasteiger partial charge in [-0.05, 0) is 12.3 Å². The van der Waals surface area contributed by atoms with Gasteiger partial charge in [-0.25, -0.2) is 0 Å². The molecule has 0 spiro atoms. The third-order valence-corrected chi connectivity index (χ3v) is 1.25. The average molecular weight is 204 g/mol. The summed E-state index contributed by atoms with van der Waals surface area (Å²) >= 11 is 0. The van der Waals surface area contributed by atoms with Crippen LogP contribution in [-0.2, 0) is 9.59 Å². The highest BCUT2D eigenvalue weighted by Crippen LogP contribution is 2.01. The molecular formula is C9H20N2O3. The van der Waals surface area contributed by atoms with Gasteiger partial charge in [0.05, 0.1) is 0 Å². The number of rotatable bonds is 4. The number of carboxylic acid groups (broad SMARTS) is 1. The van der Waals surface area contributed by atoms with E-state index in [0.29, 0.717) is 12.3 Å². The summed E-state index contributed by atoms with van der Waals surface area (Å²) in [6.07, 6.45) is 1.30. The second-order valence-electron chi connectivity index (χ2n) is 3.64. The molecule has 0 rings (SSSR count). The van der Waals surface area contributed by atoms with Crippen molar-refractivity contribution in [3.05, 3.63) is 0 Å². The highest BCUT2D eigenvalue weighted by atomic mass is 16.4. The van der Waals surface area contributed by atoms with Crippen LogP contribution in [0.15, 0.2) is 0 Å². The fourth-order valence-electron chi connectivity index (χ4n) is 0.609. The topological polar surface area (TPSA) is 83.6 Å². The van der Waals surface area contributed by atoms with Gasteiger partial charge in [0.1, 0.15) is 6.04 Å². The summed E-state index contributed by atoms with van der Waals surface area (Å²) in [6.45, 7) is 3.89. The number of nitrogens with two attached hydrogens (primary N) is 1. The Morgan fingerprint density at radius 3 is 1.93 bits per heavy atom. The first-order valence-electron chi connectivity index (χ1n) is 4.41. The number of carbonyl (C=O) groups is 2. The molecule has 0 aliphatic heterocycles. The fraction of sp³-hybridized carbons (Fsp3) is 0.778. The summed E-state index contributed by atoms with van der Waals surface area (Å²) < 4.78 is 0. The largest absolute Gasteiger partial charge is 0.480 e. The summed E-state index contributed by atoms with van der Waals surface area (Å²) in [4.78, 5) is 21.0. The summed E-state index contributed by atoms with van der Waals surface area (Å²) in [6, 6.07) is -0.690. The molecule has 0 bridgehead atoms. The maximum Gasteiger partial charge on any atom is 0.320 e. The molecule has 1 amide bonds. The zero-order valence-electron chi connectivity index (χ0n) is 9.23. The molecule has 3 N–H and O–H groups in total. The van der Waals surface area contributed by atoms with Gasteiger partial charge in [0, 0.05) is 14.1 Å². The lowest BCUT2D eigenvalue weighted by atomic mass is 10.1. The first-order chi connectivity index (χ1) is 6.31. The lowest BCUT2D eigenvalue weighted by molar-refractivity contribution is -0.138. The van der Waals surface area contributed by atoms with Crippen LogP contribution in [0.25, 0.3) is 0 Å². The first-order valence-corrected chi connectivity index (χ1v) is 4.41. The van der Waals surface area contributed by atoms with Gasteiger partial charge in [-0.2, -0.15) is 0 Å². The molecule has 5 nitrogen and oxygen atoms in total. The average Bonchev–Trinajstić information content (AvgIpc) is 2.04. The highest BCUT2D eigenvalue weighted by molar-refractivity contribution is 5.72. The molecule has 0 aromatic carbocycles. The standard InChI is InChI=1S/C6H13NO2.C3H7NO/c1-4(2)3-5(7)6(8)9;1-4(2)3-5/h4-5H,3,7H2,1-2H3,(H,8,9);3H,1-2H3/t5-;/m0./s1. The number of hydrogen-bond donors (Lipinski definition) is 2. The summed E-state index contributed by atoms with van der Waals surface area (Å²) in [5.74, 6) is -0.556. The predicted molar refractivity (Wildman–Crippen MR) is 54.8 cm³/mol. The van der Waals surface area contributed by atoms with Crippen LogP contribution < -0.4 is 5.73 Å². The Balaban J connectivity index is 0. The van der Waals surface area contributed by atoms with Crippen LogP contribution in [0.5, 0.6) is 0 Å². The lowest BCUT2D eigenvalue weighted by Gasteiger charge is -2.07. The minimum atomic E-state index is -0.913. The third kappa shape index (κ3) is 13.5. The first kappa shape index (κ1) is 15.4. The Morgan fingerprint density at radius 2 is 1.86 bits per heavy atom. The minimum absolute atomic E-state index is 0.357. The molecular weight excluding hydrogens is 184 g/mol.